The quantitative estimate of drug-likeness (QED) is 0.814. The van der Waals surface area contributed by atoms with Crippen molar-refractivity contribution in [2.45, 2.75) is 37.8 Å². The number of nitrogens with zero attached hydrogens (tertiary/aromatic N) is 3. The zero-order valence-corrected chi connectivity index (χ0v) is 14.8. The summed E-state index contributed by atoms with van der Waals surface area (Å²) < 4.78 is 33.9. The van der Waals surface area contributed by atoms with Gasteiger partial charge in [-0.15, -0.1) is 0 Å². The van der Waals surface area contributed by atoms with Crippen LogP contribution in [0.4, 0.5) is 0 Å². The van der Waals surface area contributed by atoms with E-state index in [1.807, 2.05) is 13.8 Å². The van der Waals surface area contributed by atoms with E-state index >= 15 is 0 Å². The summed E-state index contributed by atoms with van der Waals surface area (Å²) in [7, 11) is -1.96. The molecule has 0 aromatic carbocycles. The summed E-state index contributed by atoms with van der Waals surface area (Å²) in [6.45, 7) is 7.18. The highest BCUT2D eigenvalue weighted by molar-refractivity contribution is 7.89. The zero-order valence-electron chi connectivity index (χ0n) is 14.0. The van der Waals surface area contributed by atoms with Crippen molar-refractivity contribution in [1.82, 2.24) is 19.2 Å². The van der Waals surface area contributed by atoms with Gasteiger partial charge in [0.15, 0.2) is 5.03 Å². The molecule has 1 N–H and O–H groups in total. The molecular weight excluding hydrogens is 320 g/mol. The van der Waals surface area contributed by atoms with Gasteiger partial charge in [-0.2, -0.15) is 0 Å². The van der Waals surface area contributed by atoms with Gasteiger partial charge in [0.05, 0.1) is 12.2 Å². The molecule has 1 aromatic heterocycles. The Bertz CT molecular complexity index is 661. The van der Waals surface area contributed by atoms with Crippen LogP contribution in [-0.4, -0.2) is 60.6 Å². The molecule has 0 radical (unpaired) electrons. The van der Waals surface area contributed by atoms with Crippen LogP contribution in [0.15, 0.2) is 11.2 Å². The molecule has 0 unspecified atom stereocenters. The van der Waals surface area contributed by atoms with Crippen LogP contribution in [0.5, 0.6) is 0 Å². The van der Waals surface area contributed by atoms with Crippen LogP contribution in [0.3, 0.4) is 0 Å². The fourth-order valence-electron chi connectivity index (χ4n) is 2.41. The SMILES string of the molecule is Cc1nc(S(=O)(=O)NCCC(=O)N2CCOC(C)(C)C2)cn1C. The molecule has 9 heteroatoms. The van der Waals surface area contributed by atoms with E-state index in [0.717, 1.165) is 0 Å². The van der Waals surface area contributed by atoms with Gasteiger partial charge in [0.1, 0.15) is 5.82 Å². The normalized spacial score (nSPS) is 18.2. The van der Waals surface area contributed by atoms with Crippen LogP contribution < -0.4 is 4.72 Å². The van der Waals surface area contributed by atoms with Crippen LogP contribution in [-0.2, 0) is 26.6 Å². The largest absolute Gasteiger partial charge is 0.372 e. The lowest BCUT2D eigenvalue weighted by molar-refractivity contribution is -0.145. The molecule has 1 aliphatic rings. The molecular formula is C14H24N4O4S. The number of aryl methyl sites for hydroxylation is 2. The molecule has 130 valence electrons. The number of hydrogen-bond acceptors (Lipinski definition) is 5. The predicted molar refractivity (Wildman–Crippen MR) is 84.4 cm³/mol. The number of hydrogen-bond donors (Lipinski definition) is 1. The Morgan fingerprint density at radius 3 is 2.74 bits per heavy atom. The van der Waals surface area contributed by atoms with Crippen LogP contribution in [0.25, 0.3) is 0 Å². The summed E-state index contributed by atoms with van der Waals surface area (Å²) in [5, 5.41) is -0.0301. The number of aromatic nitrogens is 2. The maximum absolute atomic E-state index is 12.2. The number of ether oxygens (including phenoxy) is 1. The number of carbonyl (C=O) groups is 1. The van der Waals surface area contributed by atoms with E-state index in [4.69, 9.17) is 4.74 Å². The summed E-state index contributed by atoms with van der Waals surface area (Å²) in [6.07, 6.45) is 1.56. The highest BCUT2D eigenvalue weighted by Crippen LogP contribution is 2.17. The predicted octanol–water partition coefficient (Wildman–Crippen LogP) is 0.0343. The second-order valence-electron chi connectivity index (χ2n) is 6.31. The Morgan fingerprint density at radius 1 is 1.48 bits per heavy atom. The first-order chi connectivity index (χ1) is 10.6. The average molecular weight is 344 g/mol. The van der Waals surface area contributed by atoms with Gasteiger partial charge in [-0.25, -0.2) is 18.1 Å². The lowest BCUT2D eigenvalue weighted by Gasteiger charge is -2.38. The molecule has 0 bridgehead atoms. The number of sulfonamides is 1. The van der Waals surface area contributed by atoms with Crippen molar-refractivity contribution in [1.29, 1.82) is 0 Å². The highest BCUT2D eigenvalue weighted by Gasteiger charge is 2.29. The Hall–Kier alpha value is -1.45. The van der Waals surface area contributed by atoms with Crippen LogP contribution >= 0.6 is 0 Å². The molecule has 1 fully saturated rings. The molecule has 1 aliphatic heterocycles. The molecule has 2 heterocycles. The molecule has 0 atom stereocenters. The lowest BCUT2D eigenvalue weighted by atomic mass is 10.1. The summed E-state index contributed by atoms with van der Waals surface area (Å²) in [4.78, 5) is 17.9. The summed E-state index contributed by atoms with van der Waals surface area (Å²) in [5.74, 6) is 0.526. The maximum Gasteiger partial charge on any atom is 0.259 e. The van der Waals surface area contributed by atoms with Crippen molar-refractivity contribution < 1.29 is 17.9 Å². The third-order valence-corrected chi connectivity index (χ3v) is 5.10. The Morgan fingerprint density at radius 2 is 2.17 bits per heavy atom. The average Bonchev–Trinajstić information content (AvgIpc) is 2.78. The van der Waals surface area contributed by atoms with Gasteiger partial charge < -0.3 is 14.2 Å². The van der Waals surface area contributed by atoms with E-state index in [1.54, 1.807) is 23.4 Å². The van der Waals surface area contributed by atoms with Gasteiger partial charge in [-0.1, -0.05) is 0 Å². The molecule has 1 aromatic rings. The molecule has 0 aliphatic carbocycles. The second-order valence-corrected chi connectivity index (χ2v) is 8.02. The Labute approximate surface area is 136 Å². The molecule has 1 amide bonds. The molecule has 1 saturated heterocycles. The highest BCUT2D eigenvalue weighted by atomic mass is 32.2. The second kappa shape index (κ2) is 6.58. The molecule has 23 heavy (non-hydrogen) atoms. The minimum absolute atomic E-state index is 0.0301. The van der Waals surface area contributed by atoms with Crippen molar-refractivity contribution >= 4 is 15.9 Å². The standard InChI is InChI=1S/C14H24N4O4S/c1-11-16-12(9-17(11)4)23(20,21)15-6-5-13(19)18-7-8-22-14(2,3)10-18/h9,15H,5-8,10H2,1-4H3. The first kappa shape index (κ1) is 17.9. The number of rotatable bonds is 5. The van der Waals surface area contributed by atoms with Crippen LogP contribution in [0, 0.1) is 6.92 Å². The van der Waals surface area contributed by atoms with E-state index in [-0.39, 0.29) is 29.5 Å². The van der Waals surface area contributed by atoms with E-state index in [2.05, 4.69) is 9.71 Å². The number of nitrogens with one attached hydrogen (secondary N) is 1. The minimum atomic E-state index is -3.69. The van der Waals surface area contributed by atoms with Gasteiger partial charge >= 0.3 is 0 Å². The molecule has 0 saturated carbocycles. The van der Waals surface area contributed by atoms with E-state index in [0.29, 0.717) is 25.5 Å². The summed E-state index contributed by atoms with van der Waals surface area (Å²) in [5.41, 5.74) is -0.362. The smallest absolute Gasteiger partial charge is 0.259 e. The third-order valence-electron chi connectivity index (χ3n) is 3.77. The van der Waals surface area contributed by atoms with Crippen molar-refractivity contribution in [2.24, 2.45) is 7.05 Å². The van der Waals surface area contributed by atoms with Crippen molar-refractivity contribution in [3.8, 4) is 0 Å². The third kappa shape index (κ3) is 4.52. The Kier molecular flexibility index (Phi) is 5.12. The van der Waals surface area contributed by atoms with Gasteiger partial charge in [0.2, 0.25) is 5.91 Å². The summed E-state index contributed by atoms with van der Waals surface area (Å²) in [6, 6.07) is 0. The van der Waals surface area contributed by atoms with Gasteiger partial charge in [0, 0.05) is 39.3 Å². The number of imidazole rings is 1. The van der Waals surface area contributed by atoms with Gasteiger partial charge in [-0.3, -0.25) is 4.79 Å². The molecule has 2 rings (SSSR count). The van der Waals surface area contributed by atoms with E-state index in [1.165, 1.54) is 6.20 Å². The topological polar surface area (TPSA) is 93.5 Å². The lowest BCUT2D eigenvalue weighted by Crippen LogP contribution is -2.51. The number of amides is 1. The fraction of sp³-hybridized carbons (Fsp3) is 0.714. The van der Waals surface area contributed by atoms with Gasteiger partial charge in [-0.05, 0) is 20.8 Å². The first-order valence-corrected chi connectivity index (χ1v) is 9.00. The number of morpholine rings is 1. The van der Waals surface area contributed by atoms with E-state index < -0.39 is 10.0 Å². The minimum Gasteiger partial charge on any atom is -0.372 e. The van der Waals surface area contributed by atoms with Crippen molar-refractivity contribution in [2.75, 3.05) is 26.2 Å². The Balaban J connectivity index is 1.87. The maximum atomic E-state index is 12.2. The number of carbonyl (C=O) groups excluding carboxylic acids is 1. The van der Waals surface area contributed by atoms with Crippen molar-refractivity contribution in [3.63, 3.8) is 0 Å². The first-order valence-electron chi connectivity index (χ1n) is 7.52. The van der Waals surface area contributed by atoms with Crippen LogP contribution in [0.1, 0.15) is 26.1 Å². The zero-order chi connectivity index (χ0) is 17.3. The monoisotopic (exact) mass is 344 g/mol. The fourth-order valence-corrected chi connectivity index (χ4v) is 3.48. The van der Waals surface area contributed by atoms with E-state index in [9.17, 15) is 13.2 Å². The van der Waals surface area contributed by atoms with Crippen molar-refractivity contribution in [3.05, 3.63) is 12.0 Å². The molecule has 8 nitrogen and oxygen atoms in total. The van der Waals surface area contributed by atoms with Crippen LogP contribution in [0.2, 0.25) is 0 Å². The summed E-state index contributed by atoms with van der Waals surface area (Å²) >= 11 is 0. The molecule has 0 spiro atoms. The van der Waals surface area contributed by atoms with Gasteiger partial charge in [0.25, 0.3) is 10.0 Å².